The predicted octanol–water partition coefficient (Wildman–Crippen LogP) is 5.87. The van der Waals surface area contributed by atoms with E-state index in [-0.39, 0.29) is 11.5 Å². The van der Waals surface area contributed by atoms with E-state index in [0.717, 1.165) is 21.3 Å². The Morgan fingerprint density at radius 2 is 1.70 bits per heavy atom. The van der Waals surface area contributed by atoms with Crippen molar-refractivity contribution in [2.75, 3.05) is 0 Å². The third kappa shape index (κ3) is 3.77. The number of rotatable bonds is 4. The average molecular weight is 354 g/mol. The van der Waals surface area contributed by atoms with Crippen LogP contribution in [0.3, 0.4) is 0 Å². The molecule has 0 saturated carbocycles. The molecule has 2 rings (SSSR count). The van der Waals surface area contributed by atoms with Crippen LogP contribution < -0.4 is 4.74 Å². The van der Waals surface area contributed by atoms with E-state index in [1.54, 1.807) is 0 Å². The monoisotopic (exact) mass is 352 g/mol. The van der Waals surface area contributed by atoms with E-state index in [1.165, 1.54) is 5.56 Å². The van der Waals surface area contributed by atoms with Gasteiger partial charge in [-0.15, -0.1) is 11.6 Å². The molecule has 0 aromatic heterocycles. The van der Waals surface area contributed by atoms with E-state index >= 15 is 0 Å². The molecule has 3 heteroatoms. The molecule has 1 atom stereocenters. The number of ether oxygens (including phenoxy) is 1. The highest BCUT2D eigenvalue weighted by atomic mass is 79.9. The lowest BCUT2D eigenvalue weighted by molar-refractivity contribution is 0.242. The van der Waals surface area contributed by atoms with Crippen LogP contribution in [0, 0.1) is 6.92 Å². The third-order valence-electron chi connectivity index (χ3n) is 2.97. The fourth-order valence-corrected chi connectivity index (χ4v) is 3.19. The highest BCUT2D eigenvalue weighted by molar-refractivity contribution is 9.10. The van der Waals surface area contributed by atoms with Gasteiger partial charge in [-0.1, -0.05) is 40.2 Å². The van der Waals surface area contributed by atoms with Gasteiger partial charge in [0.05, 0.1) is 11.5 Å². The number of benzene rings is 2. The van der Waals surface area contributed by atoms with Crippen LogP contribution in [0.4, 0.5) is 0 Å². The number of hydrogen-bond donors (Lipinski definition) is 0. The zero-order valence-electron chi connectivity index (χ0n) is 11.9. The first-order valence-electron chi connectivity index (χ1n) is 6.64. The SMILES string of the molecule is Cc1ccc(C(Cl)c2ccc(OC(C)C)cc2)c(Br)c1. The van der Waals surface area contributed by atoms with Gasteiger partial charge in [-0.2, -0.15) is 0 Å². The van der Waals surface area contributed by atoms with Gasteiger partial charge >= 0.3 is 0 Å². The van der Waals surface area contributed by atoms with Crippen molar-refractivity contribution in [2.45, 2.75) is 32.3 Å². The predicted molar refractivity (Wildman–Crippen MR) is 88.8 cm³/mol. The Morgan fingerprint density at radius 3 is 2.25 bits per heavy atom. The van der Waals surface area contributed by atoms with Crippen LogP contribution in [-0.2, 0) is 0 Å². The number of alkyl halides is 1. The van der Waals surface area contributed by atoms with Crippen molar-refractivity contribution in [1.82, 2.24) is 0 Å². The lowest BCUT2D eigenvalue weighted by Crippen LogP contribution is -2.05. The molecule has 0 aliphatic carbocycles. The zero-order valence-corrected chi connectivity index (χ0v) is 14.2. The molecule has 2 aromatic rings. The normalized spacial score (nSPS) is 12.5. The second-order valence-corrected chi connectivity index (χ2v) is 6.41. The summed E-state index contributed by atoms with van der Waals surface area (Å²) in [6.45, 7) is 6.10. The summed E-state index contributed by atoms with van der Waals surface area (Å²) in [6, 6.07) is 14.2. The molecule has 2 aromatic carbocycles. The molecule has 20 heavy (non-hydrogen) atoms. The smallest absolute Gasteiger partial charge is 0.119 e. The molecule has 1 nitrogen and oxygen atoms in total. The summed E-state index contributed by atoms with van der Waals surface area (Å²) >= 11 is 10.2. The lowest BCUT2D eigenvalue weighted by atomic mass is 10.0. The van der Waals surface area contributed by atoms with Crippen LogP contribution in [0.2, 0.25) is 0 Å². The van der Waals surface area contributed by atoms with Gasteiger partial charge in [0.25, 0.3) is 0 Å². The van der Waals surface area contributed by atoms with Gasteiger partial charge in [-0.25, -0.2) is 0 Å². The Balaban J connectivity index is 2.22. The molecule has 0 aliphatic rings. The first-order valence-corrected chi connectivity index (χ1v) is 7.87. The molecule has 1 unspecified atom stereocenters. The lowest BCUT2D eigenvalue weighted by Gasteiger charge is -2.14. The second-order valence-electron chi connectivity index (χ2n) is 5.12. The number of halogens is 2. The van der Waals surface area contributed by atoms with Crippen molar-refractivity contribution in [3.05, 3.63) is 63.6 Å². The number of hydrogen-bond acceptors (Lipinski definition) is 1. The van der Waals surface area contributed by atoms with Gasteiger partial charge in [0.15, 0.2) is 0 Å². The van der Waals surface area contributed by atoms with E-state index in [4.69, 9.17) is 16.3 Å². The summed E-state index contributed by atoms with van der Waals surface area (Å²) in [7, 11) is 0. The minimum atomic E-state index is -0.168. The largest absolute Gasteiger partial charge is 0.491 e. The summed E-state index contributed by atoms with van der Waals surface area (Å²) in [5, 5.41) is -0.168. The summed E-state index contributed by atoms with van der Waals surface area (Å²) in [5.74, 6) is 0.871. The topological polar surface area (TPSA) is 9.23 Å². The second kappa shape index (κ2) is 6.64. The van der Waals surface area contributed by atoms with E-state index in [0.29, 0.717) is 0 Å². The minimum absolute atomic E-state index is 0.168. The molecule has 0 bridgehead atoms. The molecule has 0 saturated heterocycles. The summed E-state index contributed by atoms with van der Waals surface area (Å²) in [5.41, 5.74) is 3.35. The Kier molecular flexibility index (Phi) is 5.11. The molecule has 0 fully saturated rings. The molecule has 0 amide bonds. The summed E-state index contributed by atoms with van der Waals surface area (Å²) in [4.78, 5) is 0. The van der Waals surface area contributed by atoms with Crippen LogP contribution in [0.5, 0.6) is 5.75 Å². The molecule has 106 valence electrons. The maximum absolute atomic E-state index is 6.58. The highest BCUT2D eigenvalue weighted by Gasteiger charge is 2.14. The van der Waals surface area contributed by atoms with Gasteiger partial charge in [-0.05, 0) is 55.7 Å². The van der Waals surface area contributed by atoms with Crippen molar-refractivity contribution in [3.8, 4) is 5.75 Å². The van der Waals surface area contributed by atoms with Crippen molar-refractivity contribution in [2.24, 2.45) is 0 Å². The zero-order chi connectivity index (χ0) is 14.7. The fraction of sp³-hybridized carbons (Fsp3) is 0.294. The van der Waals surface area contributed by atoms with Crippen LogP contribution in [-0.4, -0.2) is 6.10 Å². The van der Waals surface area contributed by atoms with E-state index in [2.05, 4.69) is 41.1 Å². The average Bonchev–Trinajstić information content (AvgIpc) is 2.38. The molecule has 0 spiro atoms. The minimum Gasteiger partial charge on any atom is -0.491 e. The van der Waals surface area contributed by atoms with Crippen molar-refractivity contribution >= 4 is 27.5 Å². The number of aryl methyl sites for hydroxylation is 1. The summed E-state index contributed by atoms with van der Waals surface area (Å²) in [6.07, 6.45) is 0.180. The van der Waals surface area contributed by atoms with Crippen LogP contribution in [0.25, 0.3) is 0 Å². The van der Waals surface area contributed by atoms with Crippen LogP contribution >= 0.6 is 27.5 Å². The first-order chi connectivity index (χ1) is 9.47. The van der Waals surface area contributed by atoms with Gasteiger partial charge in [0.2, 0.25) is 0 Å². The van der Waals surface area contributed by atoms with Crippen molar-refractivity contribution in [1.29, 1.82) is 0 Å². The summed E-state index contributed by atoms with van der Waals surface area (Å²) < 4.78 is 6.68. The maximum atomic E-state index is 6.58. The van der Waals surface area contributed by atoms with Gasteiger partial charge in [0, 0.05) is 4.47 Å². The molecule has 0 N–H and O–H groups in total. The van der Waals surface area contributed by atoms with E-state index < -0.39 is 0 Å². The van der Waals surface area contributed by atoms with Crippen molar-refractivity contribution in [3.63, 3.8) is 0 Å². The standard InChI is InChI=1S/C17H18BrClO/c1-11(2)20-14-7-5-13(6-8-14)17(19)15-9-4-12(3)10-16(15)18/h4-11,17H,1-3H3. The highest BCUT2D eigenvalue weighted by Crippen LogP contribution is 2.34. The molecule has 0 aliphatic heterocycles. The molecule has 0 radical (unpaired) electrons. The fourth-order valence-electron chi connectivity index (χ4n) is 2.00. The van der Waals surface area contributed by atoms with E-state index in [1.807, 2.05) is 38.1 Å². The Labute approximate surface area is 134 Å². The Bertz CT molecular complexity index is 578. The molecule has 0 heterocycles. The van der Waals surface area contributed by atoms with Gasteiger partial charge in [-0.3, -0.25) is 0 Å². The van der Waals surface area contributed by atoms with Crippen LogP contribution in [0.1, 0.15) is 35.9 Å². The Hall–Kier alpha value is -0.990. The maximum Gasteiger partial charge on any atom is 0.119 e. The molecular weight excluding hydrogens is 336 g/mol. The van der Waals surface area contributed by atoms with E-state index in [9.17, 15) is 0 Å². The first kappa shape index (κ1) is 15.4. The van der Waals surface area contributed by atoms with Crippen molar-refractivity contribution < 1.29 is 4.74 Å². The van der Waals surface area contributed by atoms with Gasteiger partial charge in [0.1, 0.15) is 5.75 Å². The molecular formula is C17H18BrClO. The van der Waals surface area contributed by atoms with Crippen LogP contribution in [0.15, 0.2) is 46.9 Å². The quantitative estimate of drug-likeness (QED) is 0.624. The van der Waals surface area contributed by atoms with Gasteiger partial charge < -0.3 is 4.74 Å². The third-order valence-corrected chi connectivity index (χ3v) is 4.15. The Morgan fingerprint density at radius 1 is 1.05 bits per heavy atom.